The van der Waals surface area contributed by atoms with Crippen molar-refractivity contribution in [3.05, 3.63) is 23.8 Å². The fraction of sp³-hybridized carbons (Fsp3) is 0.600. The summed E-state index contributed by atoms with van der Waals surface area (Å²) in [5.41, 5.74) is -1.33. The molecular weight excluding hydrogens is 359 g/mol. The van der Waals surface area contributed by atoms with Crippen molar-refractivity contribution in [3.8, 4) is 0 Å². The first kappa shape index (κ1) is 20.0. The molecule has 1 heterocycles. The average Bonchev–Trinajstić information content (AvgIpc) is 2.51. The molecule has 1 saturated heterocycles. The summed E-state index contributed by atoms with van der Waals surface area (Å²) in [4.78, 5) is 1.10. The van der Waals surface area contributed by atoms with Crippen LogP contribution in [0.4, 0.5) is 18.9 Å². The molecule has 0 saturated carbocycles. The van der Waals surface area contributed by atoms with Gasteiger partial charge in [-0.2, -0.15) is 13.2 Å². The molecule has 0 unspecified atom stereocenters. The van der Waals surface area contributed by atoms with Gasteiger partial charge < -0.3 is 15.0 Å². The van der Waals surface area contributed by atoms with E-state index in [4.69, 9.17) is 9.88 Å². The number of benzene rings is 1. The molecule has 0 radical (unpaired) electrons. The van der Waals surface area contributed by atoms with Gasteiger partial charge in [0.2, 0.25) is 10.0 Å². The Morgan fingerprint density at radius 1 is 1.28 bits per heavy atom. The van der Waals surface area contributed by atoms with Crippen LogP contribution in [0.25, 0.3) is 0 Å². The number of alkyl halides is 3. The number of nitrogens with zero attached hydrogens (tertiary/aromatic N) is 1. The lowest BCUT2D eigenvalue weighted by molar-refractivity contribution is -0.139. The maximum atomic E-state index is 13.2. The van der Waals surface area contributed by atoms with Crippen LogP contribution in [0.3, 0.4) is 0 Å². The van der Waals surface area contributed by atoms with Crippen LogP contribution in [0, 0.1) is 0 Å². The molecule has 0 atom stereocenters. The lowest BCUT2D eigenvalue weighted by Crippen LogP contribution is -2.53. The van der Waals surface area contributed by atoms with Gasteiger partial charge in [0.05, 0.1) is 10.5 Å². The number of halogens is 3. The Bertz CT molecular complexity index is 714. The van der Waals surface area contributed by atoms with Gasteiger partial charge in [0.1, 0.15) is 0 Å². The SMILES string of the molecule is CN(C)C1(CNc2ccc(S(N)(=O)=O)c(C(F)(F)F)c2)CCOCC1. The highest BCUT2D eigenvalue weighted by Crippen LogP contribution is 2.36. The van der Waals surface area contributed by atoms with Crippen molar-refractivity contribution in [3.63, 3.8) is 0 Å². The minimum atomic E-state index is -4.82. The molecule has 0 aliphatic carbocycles. The van der Waals surface area contributed by atoms with Crippen molar-refractivity contribution in [1.82, 2.24) is 4.90 Å². The highest BCUT2D eigenvalue weighted by atomic mass is 32.2. The van der Waals surface area contributed by atoms with E-state index in [1.165, 1.54) is 6.07 Å². The number of anilines is 1. The van der Waals surface area contributed by atoms with Crippen LogP contribution in [0.1, 0.15) is 18.4 Å². The third kappa shape index (κ3) is 4.63. The number of nitrogens with one attached hydrogen (secondary N) is 1. The first-order valence-corrected chi connectivity index (χ1v) is 9.23. The Hall–Kier alpha value is -1.36. The zero-order valence-electron chi connectivity index (χ0n) is 14.1. The van der Waals surface area contributed by atoms with Gasteiger partial charge in [-0.3, -0.25) is 0 Å². The number of likely N-dealkylation sites (N-methyl/N-ethyl adjacent to an activating group) is 1. The van der Waals surface area contributed by atoms with E-state index >= 15 is 0 Å². The second-order valence-corrected chi connectivity index (χ2v) is 7.87. The van der Waals surface area contributed by atoms with Crippen LogP contribution in [0.5, 0.6) is 0 Å². The number of ether oxygens (including phenoxy) is 1. The van der Waals surface area contributed by atoms with Gasteiger partial charge in [0.25, 0.3) is 0 Å². The summed E-state index contributed by atoms with van der Waals surface area (Å²) in [5, 5.41) is 7.88. The Labute approximate surface area is 145 Å². The van der Waals surface area contributed by atoms with Crippen LogP contribution < -0.4 is 10.5 Å². The summed E-state index contributed by atoms with van der Waals surface area (Å²) < 4.78 is 67.7. The number of hydrogen-bond acceptors (Lipinski definition) is 5. The Morgan fingerprint density at radius 3 is 2.36 bits per heavy atom. The summed E-state index contributed by atoms with van der Waals surface area (Å²) in [6, 6.07) is 2.95. The molecule has 25 heavy (non-hydrogen) atoms. The van der Waals surface area contributed by atoms with Gasteiger partial charge in [-0.15, -0.1) is 0 Å². The number of primary sulfonamides is 1. The highest BCUT2D eigenvalue weighted by molar-refractivity contribution is 7.89. The summed E-state index contributed by atoms with van der Waals surface area (Å²) >= 11 is 0. The van der Waals surface area contributed by atoms with E-state index < -0.39 is 26.7 Å². The molecular formula is C15H22F3N3O3S. The number of hydrogen-bond donors (Lipinski definition) is 2. The van der Waals surface area contributed by atoms with E-state index in [9.17, 15) is 21.6 Å². The quantitative estimate of drug-likeness (QED) is 0.814. The van der Waals surface area contributed by atoms with Crippen molar-refractivity contribution in [2.75, 3.05) is 39.2 Å². The number of nitrogens with two attached hydrogens (primary N) is 1. The van der Waals surface area contributed by atoms with Crippen molar-refractivity contribution in [1.29, 1.82) is 0 Å². The molecule has 0 amide bonds. The molecule has 0 aromatic heterocycles. The minimum Gasteiger partial charge on any atom is -0.383 e. The third-order valence-corrected chi connectivity index (χ3v) is 5.55. The normalized spacial score (nSPS) is 18.4. The second kappa shape index (κ2) is 7.10. The minimum absolute atomic E-state index is 0.187. The van der Waals surface area contributed by atoms with E-state index in [1.807, 2.05) is 19.0 Å². The zero-order valence-corrected chi connectivity index (χ0v) is 14.9. The van der Waals surface area contributed by atoms with E-state index in [2.05, 4.69) is 5.32 Å². The summed E-state index contributed by atoms with van der Waals surface area (Å²) in [6.45, 7) is 1.57. The number of rotatable bonds is 5. The van der Waals surface area contributed by atoms with Gasteiger partial charge in [-0.1, -0.05) is 0 Å². The zero-order chi connectivity index (χ0) is 18.9. The molecule has 1 aromatic rings. The Kier molecular flexibility index (Phi) is 5.67. The molecule has 142 valence electrons. The van der Waals surface area contributed by atoms with Gasteiger partial charge in [0, 0.05) is 31.0 Å². The van der Waals surface area contributed by atoms with E-state index in [0.717, 1.165) is 25.0 Å². The lowest BCUT2D eigenvalue weighted by atomic mass is 9.88. The van der Waals surface area contributed by atoms with Gasteiger partial charge in [0.15, 0.2) is 0 Å². The standard InChI is InChI=1S/C15H22F3N3O3S/c1-21(2)14(5-7-24-8-6-14)10-20-11-3-4-13(25(19,22)23)12(9-11)15(16,17)18/h3-4,9,20H,5-8,10H2,1-2H3,(H2,19,22,23). The lowest BCUT2D eigenvalue weighted by Gasteiger charge is -2.43. The van der Waals surface area contributed by atoms with Crippen molar-refractivity contribution < 1.29 is 26.3 Å². The fourth-order valence-electron chi connectivity index (χ4n) is 2.91. The summed E-state index contributed by atoms with van der Waals surface area (Å²) in [7, 11) is -0.637. The molecule has 1 fully saturated rings. The van der Waals surface area contributed by atoms with Crippen molar-refractivity contribution in [2.45, 2.75) is 29.5 Å². The predicted molar refractivity (Wildman–Crippen MR) is 87.8 cm³/mol. The average molecular weight is 381 g/mol. The smallest absolute Gasteiger partial charge is 0.383 e. The fourth-order valence-corrected chi connectivity index (χ4v) is 3.65. The third-order valence-electron chi connectivity index (χ3n) is 4.59. The van der Waals surface area contributed by atoms with Crippen LogP contribution in [-0.2, 0) is 20.9 Å². The monoisotopic (exact) mass is 381 g/mol. The molecule has 3 N–H and O–H groups in total. The van der Waals surface area contributed by atoms with E-state index in [1.54, 1.807) is 0 Å². The molecule has 10 heteroatoms. The van der Waals surface area contributed by atoms with Gasteiger partial charge >= 0.3 is 6.18 Å². The number of sulfonamides is 1. The van der Waals surface area contributed by atoms with Gasteiger partial charge in [-0.25, -0.2) is 13.6 Å². The maximum absolute atomic E-state index is 13.2. The second-order valence-electron chi connectivity index (χ2n) is 6.34. The van der Waals surface area contributed by atoms with Crippen LogP contribution in [-0.4, -0.2) is 52.7 Å². The summed E-state index contributed by atoms with van der Waals surface area (Å²) in [5.74, 6) is 0. The molecule has 6 nitrogen and oxygen atoms in total. The largest absolute Gasteiger partial charge is 0.417 e. The van der Waals surface area contributed by atoms with E-state index in [0.29, 0.717) is 19.8 Å². The van der Waals surface area contributed by atoms with Crippen LogP contribution >= 0.6 is 0 Å². The van der Waals surface area contributed by atoms with Crippen molar-refractivity contribution >= 4 is 15.7 Å². The molecule has 0 bridgehead atoms. The first-order chi connectivity index (χ1) is 11.5. The topological polar surface area (TPSA) is 84.7 Å². The molecule has 1 aromatic carbocycles. The Balaban J connectivity index is 2.28. The van der Waals surface area contributed by atoms with Crippen molar-refractivity contribution in [2.24, 2.45) is 5.14 Å². The predicted octanol–water partition coefficient (Wildman–Crippen LogP) is 1.88. The molecule has 2 rings (SSSR count). The molecule has 1 aliphatic rings. The summed E-state index contributed by atoms with van der Waals surface area (Å²) in [6.07, 6.45) is -3.33. The van der Waals surface area contributed by atoms with E-state index in [-0.39, 0.29) is 11.2 Å². The molecule has 1 aliphatic heterocycles. The Morgan fingerprint density at radius 2 is 1.88 bits per heavy atom. The van der Waals surface area contributed by atoms with Gasteiger partial charge in [-0.05, 0) is 45.1 Å². The highest BCUT2D eigenvalue weighted by Gasteiger charge is 2.37. The van der Waals surface area contributed by atoms with Crippen LogP contribution in [0.15, 0.2) is 23.1 Å². The first-order valence-electron chi connectivity index (χ1n) is 7.69. The van der Waals surface area contributed by atoms with Crippen LogP contribution in [0.2, 0.25) is 0 Å². The molecule has 0 spiro atoms. The maximum Gasteiger partial charge on any atom is 0.417 e.